The van der Waals surface area contributed by atoms with E-state index in [1.165, 1.54) is 0 Å². The van der Waals surface area contributed by atoms with E-state index in [0.717, 1.165) is 0 Å². The van der Waals surface area contributed by atoms with Gasteiger partial charge in [-0.1, -0.05) is 0 Å². The summed E-state index contributed by atoms with van der Waals surface area (Å²) in [4.78, 5) is 21.3. The largest absolute Gasteiger partial charge is 0.437 e. The number of esters is 2. The average molecular weight is 210 g/mol. The number of ether oxygens (including phenoxy) is 2. The molecular formula is C6H10O8. The third-order valence-electron chi connectivity index (χ3n) is 1.20. The zero-order valence-electron chi connectivity index (χ0n) is 6.99. The van der Waals surface area contributed by atoms with Crippen molar-refractivity contribution in [2.75, 3.05) is 13.6 Å². The smallest absolute Gasteiger partial charge is 0.340 e. The number of rotatable bonds is 5. The molecule has 0 aromatic carbocycles. The molecule has 0 saturated heterocycles. The van der Waals surface area contributed by atoms with Gasteiger partial charge in [0, 0.05) is 0 Å². The Bertz CT molecular complexity index is 180. The Morgan fingerprint density at radius 3 is 1.43 bits per heavy atom. The van der Waals surface area contributed by atoms with E-state index in [9.17, 15) is 9.59 Å². The zero-order chi connectivity index (χ0) is 11.1. The first-order valence-electron chi connectivity index (χ1n) is 3.45. The molecule has 2 atom stereocenters. The van der Waals surface area contributed by atoms with Gasteiger partial charge in [-0.15, -0.1) is 0 Å². The van der Waals surface area contributed by atoms with Gasteiger partial charge in [-0.2, -0.15) is 0 Å². The SMILES string of the molecule is O=C(OCO)C(O)C(O)C(=O)OCO. The first-order valence-corrected chi connectivity index (χ1v) is 3.45. The number of aliphatic hydroxyl groups is 4. The standard InChI is InChI=1S/C6H10O8/c7-1-13-5(11)3(9)4(10)6(12)14-2-8/h3-4,7-10H,1-2H2. The van der Waals surface area contributed by atoms with Crippen molar-refractivity contribution < 1.29 is 39.5 Å². The summed E-state index contributed by atoms with van der Waals surface area (Å²) in [5.41, 5.74) is 0. The van der Waals surface area contributed by atoms with Gasteiger partial charge in [0.2, 0.25) is 0 Å². The Morgan fingerprint density at radius 2 is 1.21 bits per heavy atom. The van der Waals surface area contributed by atoms with Gasteiger partial charge in [0.05, 0.1) is 0 Å². The van der Waals surface area contributed by atoms with Crippen LogP contribution in [-0.4, -0.2) is 58.2 Å². The molecule has 0 aromatic heterocycles. The summed E-state index contributed by atoms with van der Waals surface area (Å²) in [6.45, 7) is -1.98. The third-order valence-corrected chi connectivity index (χ3v) is 1.20. The molecule has 2 unspecified atom stereocenters. The van der Waals surface area contributed by atoms with Crippen molar-refractivity contribution in [3.8, 4) is 0 Å². The van der Waals surface area contributed by atoms with E-state index in [0.29, 0.717) is 0 Å². The Labute approximate surface area is 78.3 Å². The highest BCUT2D eigenvalue weighted by Crippen LogP contribution is 1.99. The van der Waals surface area contributed by atoms with Crippen molar-refractivity contribution in [1.29, 1.82) is 0 Å². The van der Waals surface area contributed by atoms with Crippen molar-refractivity contribution >= 4 is 11.9 Å². The Hall–Kier alpha value is -1.22. The molecule has 0 heterocycles. The molecule has 4 N–H and O–H groups in total. The van der Waals surface area contributed by atoms with Crippen molar-refractivity contribution in [1.82, 2.24) is 0 Å². The molecule has 0 aliphatic carbocycles. The lowest BCUT2D eigenvalue weighted by atomic mass is 10.2. The summed E-state index contributed by atoms with van der Waals surface area (Å²) < 4.78 is 7.78. The summed E-state index contributed by atoms with van der Waals surface area (Å²) in [6.07, 6.45) is -4.33. The molecule has 0 rings (SSSR count). The average Bonchev–Trinajstić information content (AvgIpc) is 2.16. The normalized spacial score (nSPS) is 14.3. The van der Waals surface area contributed by atoms with Gasteiger partial charge in [-0.05, 0) is 0 Å². The molecule has 0 aliphatic heterocycles. The van der Waals surface area contributed by atoms with Crippen LogP contribution in [0.4, 0.5) is 0 Å². The Balaban J connectivity index is 4.16. The van der Waals surface area contributed by atoms with Gasteiger partial charge >= 0.3 is 11.9 Å². The molecule has 8 nitrogen and oxygen atoms in total. The molecule has 0 saturated carbocycles. The first-order chi connectivity index (χ1) is 6.54. The number of hydrogen-bond acceptors (Lipinski definition) is 8. The lowest BCUT2D eigenvalue weighted by molar-refractivity contribution is -0.181. The fourth-order valence-electron chi connectivity index (χ4n) is 0.556. The minimum Gasteiger partial charge on any atom is -0.437 e. The van der Waals surface area contributed by atoms with Gasteiger partial charge in [-0.3, -0.25) is 0 Å². The molecule has 0 spiro atoms. The minimum atomic E-state index is -2.17. The highest BCUT2D eigenvalue weighted by molar-refractivity contribution is 5.85. The maximum Gasteiger partial charge on any atom is 0.340 e. The number of aliphatic hydroxyl groups excluding tert-OH is 4. The fraction of sp³-hybridized carbons (Fsp3) is 0.667. The zero-order valence-corrected chi connectivity index (χ0v) is 6.99. The maximum absolute atomic E-state index is 10.6. The summed E-state index contributed by atoms with van der Waals surface area (Å²) in [7, 11) is 0. The van der Waals surface area contributed by atoms with E-state index < -0.39 is 37.7 Å². The van der Waals surface area contributed by atoms with Gasteiger partial charge in [0.15, 0.2) is 25.8 Å². The van der Waals surface area contributed by atoms with E-state index in [-0.39, 0.29) is 0 Å². The highest BCUT2D eigenvalue weighted by Gasteiger charge is 2.32. The van der Waals surface area contributed by atoms with Crippen LogP contribution in [0.15, 0.2) is 0 Å². The second-order valence-electron chi connectivity index (χ2n) is 2.07. The van der Waals surface area contributed by atoms with E-state index in [1.807, 2.05) is 0 Å². The van der Waals surface area contributed by atoms with Gasteiger partial charge < -0.3 is 29.9 Å². The number of carbonyl (C=O) groups excluding carboxylic acids is 2. The van der Waals surface area contributed by atoms with Crippen LogP contribution in [0.2, 0.25) is 0 Å². The summed E-state index contributed by atoms with van der Waals surface area (Å²) in [5.74, 6) is -2.76. The number of hydrogen-bond donors (Lipinski definition) is 4. The van der Waals surface area contributed by atoms with Gasteiger partial charge in [0.1, 0.15) is 0 Å². The van der Waals surface area contributed by atoms with Gasteiger partial charge in [0.25, 0.3) is 0 Å². The third kappa shape index (κ3) is 3.66. The van der Waals surface area contributed by atoms with E-state index in [2.05, 4.69) is 9.47 Å². The Morgan fingerprint density at radius 1 is 0.929 bits per heavy atom. The molecule has 0 fully saturated rings. The van der Waals surface area contributed by atoms with E-state index in [4.69, 9.17) is 20.4 Å². The Kier molecular flexibility index (Phi) is 5.72. The fourth-order valence-corrected chi connectivity index (χ4v) is 0.556. The minimum absolute atomic E-state index is 0.988. The lowest BCUT2D eigenvalue weighted by Crippen LogP contribution is -2.41. The van der Waals surface area contributed by atoms with Crippen LogP contribution in [0.1, 0.15) is 0 Å². The monoisotopic (exact) mass is 210 g/mol. The molecule has 0 aromatic rings. The molecular weight excluding hydrogens is 200 g/mol. The quantitative estimate of drug-likeness (QED) is 0.274. The summed E-state index contributed by atoms with van der Waals surface area (Å²) in [6, 6.07) is 0. The summed E-state index contributed by atoms with van der Waals surface area (Å²) >= 11 is 0. The topological polar surface area (TPSA) is 134 Å². The molecule has 0 amide bonds. The van der Waals surface area contributed by atoms with Crippen LogP contribution in [0.25, 0.3) is 0 Å². The lowest BCUT2D eigenvalue weighted by Gasteiger charge is -2.13. The van der Waals surface area contributed by atoms with Crippen LogP contribution < -0.4 is 0 Å². The molecule has 14 heavy (non-hydrogen) atoms. The highest BCUT2D eigenvalue weighted by atomic mass is 16.6. The molecule has 0 radical (unpaired) electrons. The molecule has 82 valence electrons. The molecule has 8 heteroatoms. The van der Waals surface area contributed by atoms with Gasteiger partial charge in [-0.25, -0.2) is 9.59 Å². The van der Waals surface area contributed by atoms with Crippen molar-refractivity contribution in [2.24, 2.45) is 0 Å². The molecule has 0 aliphatic rings. The predicted molar refractivity (Wildman–Crippen MR) is 38.4 cm³/mol. The molecule has 0 bridgehead atoms. The van der Waals surface area contributed by atoms with E-state index >= 15 is 0 Å². The van der Waals surface area contributed by atoms with Crippen LogP contribution in [0.5, 0.6) is 0 Å². The van der Waals surface area contributed by atoms with Crippen LogP contribution in [0, 0.1) is 0 Å². The number of carbonyl (C=O) groups is 2. The van der Waals surface area contributed by atoms with Crippen molar-refractivity contribution in [3.63, 3.8) is 0 Å². The van der Waals surface area contributed by atoms with Crippen molar-refractivity contribution in [3.05, 3.63) is 0 Å². The van der Waals surface area contributed by atoms with Crippen molar-refractivity contribution in [2.45, 2.75) is 12.2 Å². The second-order valence-corrected chi connectivity index (χ2v) is 2.07. The summed E-state index contributed by atoms with van der Waals surface area (Å²) in [5, 5.41) is 34.0. The van der Waals surface area contributed by atoms with Crippen LogP contribution >= 0.6 is 0 Å². The second kappa shape index (κ2) is 6.27. The van der Waals surface area contributed by atoms with E-state index in [1.54, 1.807) is 0 Å². The van der Waals surface area contributed by atoms with Crippen LogP contribution in [0.3, 0.4) is 0 Å². The maximum atomic E-state index is 10.6. The van der Waals surface area contributed by atoms with Crippen LogP contribution in [-0.2, 0) is 19.1 Å². The first kappa shape index (κ1) is 12.8. The predicted octanol–water partition coefficient (Wildman–Crippen LogP) is -3.31.